The predicted molar refractivity (Wildman–Crippen MR) is 11.5 cm³/mol. The number of hydrogen-bond donors (Lipinski definition) is 0. The zero-order valence-electron chi connectivity index (χ0n) is 3.96. The zero-order valence-corrected chi connectivity index (χ0v) is 9.79. The van der Waals surface area contributed by atoms with E-state index in [1.807, 2.05) is 0 Å². The monoisotopic (exact) mass is 255 g/mol. The quantitative estimate of drug-likeness (QED) is 0.403. The third kappa shape index (κ3) is 53.6. The van der Waals surface area contributed by atoms with Gasteiger partial charge in [-0.05, 0) is 0 Å². The fraction of sp³-hybridized carbons (Fsp3) is 0. The van der Waals surface area contributed by atoms with Crippen LogP contribution in [-0.2, 0) is 18.6 Å². The summed E-state index contributed by atoms with van der Waals surface area (Å²) in [7, 11) is -2.92. The van der Waals surface area contributed by atoms with Gasteiger partial charge in [0.1, 0.15) is 0 Å². The van der Waals surface area contributed by atoms with Crippen molar-refractivity contribution in [1.29, 1.82) is 0 Å². The summed E-state index contributed by atoms with van der Waals surface area (Å²) in [6.07, 6.45) is 0. The largest absolute Gasteiger partial charge is 2.00 e. The molecule has 0 aliphatic carbocycles. The first-order chi connectivity index (χ1) is 1.73. The van der Waals surface area contributed by atoms with Crippen molar-refractivity contribution in [2.24, 2.45) is 0 Å². The molecule has 0 saturated heterocycles. The van der Waals surface area contributed by atoms with Crippen molar-refractivity contribution in [1.82, 2.24) is 0 Å². The molecule has 7 heteroatoms. The van der Waals surface area contributed by atoms with Crippen LogP contribution in [0.25, 0.3) is 0 Å². The maximum atomic E-state index is 8.42. The summed E-state index contributed by atoms with van der Waals surface area (Å²) in [5.74, 6) is 0. The standard InChI is InChI=1S/BO3.Ba.Li.V/c2-1(3)4;;;/q-3;+2;+1;. The van der Waals surface area contributed by atoms with Crippen LogP contribution >= 0.6 is 0 Å². The van der Waals surface area contributed by atoms with Gasteiger partial charge in [-0.3, -0.25) is 7.32 Å². The van der Waals surface area contributed by atoms with Gasteiger partial charge in [-0.2, -0.15) is 0 Å². The van der Waals surface area contributed by atoms with Gasteiger partial charge in [0.25, 0.3) is 0 Å². The molecule has 0 unspecified atom stereocenters. The Morgan fingerprint density at radius 1 is 1.00 bits per heavy atom. The molecule has 1 radical (unpaired) electrons. The molecule has 0 atom stereocenters. The normalized spacial score (nSPS) is 3.86. The number of rotatable bonds is 0. The Hall–Kier alpha value is 2.70. The first-order valence-corrected chi connectivity index (χ1v) is 0.707. The van der Waals surface area contributed by atoms with E-state index in [0.717, 1.165) is 0 Å². The van der Waals surface area contributed by atoms with Crippen molar-refractivity contribution in [2.75, 3.05) is 0 Å². The van der Waals surface area contributed by atoms with Crippen LogP contribution in [0.1, 0.15) is 0 Å². The Bertz CT molecular complexity index is 19.7. The van der Waals surface area contributed by atoms with Gasteiger partial charge < -0.3 is 15.1 Å². The third-order valence-electron chi connectivity index (χ3n) is 0. The summed E-state index contributed by atoms with van der Waals surface area (Å²) < 4.78 is 0. The molecule has 3 nitrogen and oxygen atoms in total. The molecular formula is BBaLiO3V. The van der Waals surface area contributed by atoms with Gasteiger partial charge in [0.05, 0.1) is 0 Å². The van der Waals surface area contributed by atoms with E-state index in [-0.39, 0.29) is 86.3 Å². The van der Waals surface area contributed by atoms with Crippen LogP contribution in [0.5, 0.6) is 0 Å². The van der Waals surface area contributed by atoms with Gasteiger partial charge in [0, 0.05) is 18.6 Å². The molecule has 0 aliphatic heterocycles. The molecule has 0 heterocycles. The third-order valence-corrected chi connectivity index (χ3v) is 0. The SMILES string of the molecule is [Ba+2].[Li+].[O-]B([O-])[O-].[V]. The van der Waals surface area contributed by atoms with E-state index in [2.05, 4.69) is 0 Å². The first kappa shape index (κ1) is 22.6. The van der Waals surface area contributed by atoms with Crippen LogP contribution in [-0.4, -0.2) is 56.2 Å². The molecule has 0 rings (SSSR count). The van der Waals surface area contributed by atoms with Crippen LogP contribution < -0.4 is 33.9 Å². The summed E-state index contributed by atoms with van der Waals surface area (Å²) in [5.41, 5.74) is 0. The van der Waals surface area contributed by atoms with Crippen molar-refractivity contribution in [3.63, 3.8) is 0 Å². The van der Waals surface area contributed by atoms with Crippen molar-refractivity contribution in [2.45, 2.75) is 0 Å². The van der Waals surface area contributed by atoms with Crippen LogP contribution in [0.4, 0.5) is 0 Å². The molecule has 0 saturated carbocycles. The maximum absolute atomic E-state index is 8.42. The van der Waals surface area contributed by atoms with Gasteiger partial charge in [-0.25, -0.2) is 0 Å². The Morgan fingerprint density at radius 2 is 1.00 bits per heavy atom. The molecular weight excluding hydrogens is 254 g/mol. The molecule has 0 aromatic heterocycles. The maximum Gasteiger partial charge on any atom is 2.00 e. The Kier molecular flexibility index (Phi) is 51.3. The van der Waals surface area contributed by atoms with Gasteiger partial charge in [0.15, 0.2) is 0 Å². The van der Waals surface area contributed by atoms with Gasteiger partial charge in [-0.1, -0.05) is 0 Å². The van der Waals surface area contributed by atoms with Crippen molar-refractivity contribution >= 4 is 56.2 Å². The van der Waals surface area contributed by atoms with E-state index in [1.165, 1.54) is 0 Å². The molecule has 0 amide bonds. The molecule has 29 valence electrons. The van der Waals surface area contributed by atoms with Crippen molar-refractivity contribution in [3.8, 4) is 0 Å². The van der Waals surface area contributed by atoms with Crippen molar-refractivity contribution in [3.05, 3.63) is 0 Å². The van der Waals surface area contributed by atoms with Gasteiger partial charge in [-0.15, -0.1) is 0 Å². The molecule has 0 bridgehead atoms. The van der Waals surface area contributed by atoms with Gasteiger partial charge in [0.2, 0.25) is 0 Å². The minimum Gasteiger partial charge on any atom is -0.907 e. The first-order valence-electron chi connectivity index (χ1n) is 0.707. The van der Waals surface area contributed by atoms with E-state index in [4.69, 9.17) is 15.1 Å². The smallest absolute Gasteiger partial charge is 0.907 e. The van der Waals surface area contributed by atoms with Crippen LogP contribution in [0.3, 0.4) is 0 Å². The average molecular weight is 254 g/mol. The Balaban J connectivity index is -0.0000000150. The summed E-state index contributed by atoms with van der Waals surface area (Å²) in [6, 6.07) is 0. The van der Waals surface area contributed by atoms with E-state index < -0.39 is 7.32 Å². The van der Waals surface area contributed by atoms with Crippen molar-refractivity contribution < 1.29 is 52.5 Å². The minimum absolute atomic E-state index is 0. The van der Waals surface area contributed by atoms with E-state index >= 15 is 0 Å². The summed E-state index contributed by atoms with van der Waals surface area (Å²) >= 11 is 0. The molecule has 0 aliphatic rings. The molecule has 0 aromatic rings. The summed E-state index contributed by atoms with van der Waals surface area (Å²) in [5, 5.41) is 25.2. The van der Waals surface area contributed by atoms with E-state index in [9.17, 15) is 0 Å². The van der Waals surface area contributed by atoms with Crippen LogP contribution in [0, 0.1) is 0 Å². The molecule has 7 heavy (non-hydrogen) atoms. The minimum atomic E-state index is -2.92. The second-order valence-corrected chi connectivity index (χ2v) is 0.289. The topological polar surface area (TPSA) is 69.2 Å². The Labute approximate surface area is 107 Å². The fourth-order valence-electron chi connectivity index (χ4n) is 0. The molecule has 0 fully saturated rings. The second-order valence-electron chi connectivity index (χ2n) is 0.289. The number of hydrogen-bond acceptors (Lipinski definition) is 3. The second kappa shape index (κ2) is 15.9. The van der Waals surface area contributed by atoms with E-state index in [1.54, 1.807) is 0 Å². The van der Waals surface area contributed by atoms with Crippen LogP contribution in [0.2, 0.25) is 0 Å². The average Bonchev–Trinajstić information content (AvgIpc) is 0.811. The Morgan fingerprint density at radius 3 is 1.00 bits per heavy atom. The summed E-state index contributed by atoms with van der Waals surface area (Å²) in [6.45, 7) is 0. The summed E-state index contributed by atoms with van der Waals surface area (Å²) in [4.78, 5) is 0. The predicted octanol–water partition coefficient (Wildman–Crippen LogP) is -7.33. The fourth-order valence-corrected chi connectivity index (χ4v) is 0. The zero-order chi connectivity index (χ0) is 3.58. The van der Waals surface area contributed by atoms with Gasteiger partial charge >= 0.3 is 67.7 Å². The molecule has 0 spiro atoms. The van der Waals surface area contributed by atoms with E-state index in [0.29, 0.717) is 0 Å². The molecule has 0 aromatic carbocycles. The molecule has 0 N–H and O–H groups in total. The van der Waals surface area contributed by atoms with Crippen LogP contribution in [0.15, 0.2) is 0 Å².